The van der Waals surface area contributed by atoms with Crippen LogP contribution >= 0.6 is 11.8 Å². The second kappa shape index (κ2) is 9.06. The zero-order valence-corrected chi connectivity index (χ0v) is 14.2. The first-order chi connectivity index (χ1) is 9.62. The molecule has 0 aromatic carbocycles. The van der Waals surface area contributed by atoms with Crippen LogP contribution in [0.3, 0.4) is 0 Å². The fourth-order valence-electron chi connectivity index (χ4n) is 1.88. The van der Waals surface area contributed by atoms with E-state index in [0.717, 1.165) is 48.8 Å². The van der Waals surface area contributed by atoms with Crippen LogP contribution in [0, 0.1) is 6.92 Å². The molecule has 0 spiro atoms. The highest BCUT2D eigenvalue weighted by molar-refractivity contribution is 7.98. The van der Waals surface area contributed by atoms with E-state index < -0.39 is 0 Å². The summed E-state index contributed by atoms with van der Waals surface area (Å²) in [6.45, 7) is 9.50. The molecule has 114 valence electrons. The van der Waals surface area contributed by atoms with Crippen molar-refractivity contribution in [2.75, 3.05) is 29.2 Å². The van der Waals surface area contributed by atoms with Crippen molar-refractivity contribution < 1.29 is 0 Å². The molecule has 1 atom stereocenters. The Labute approximate surface area is 127 Å². The van der Waals surface area contributed by atoms with Gasteiger partial charge in [0.1, 0.15) is 17.5 Å². The van der Waals surface area contributed by atoms with E-state index in [1.165, 1.54) is 5.75 Å². The number of aromatic nitrogens is 2. The molecular weight excluding hydrogens is 268 g/mol. The van der Waals surface area contributed by atoms with Crippen molar-refractivity contribution in [2.24, 2.45) is 0 Å². The number of hydrogen-bond acceptors (Lipinski definition) is 5. The zero-order valence-electron chi connectivity index (χ0n) is 13.4. The van der Waals surface area contributed by atoms with E-state index in [0.29, 0.717) is 6.04 Å². The molecule has 0 aliphatic heterocycles. The maximum absolute atomic E-state index is 4.64. The van der Waals surface area contributed by atoms with Gasteiger partial charge in [0.25, 0.3) is 0 Å². The summed E-state index contributed by atoms with van der Waals surface area (Å²) in [6, 6.07) is 0.430. The fraction of sp³-hybridized carbons (Fsp3) is 0.733. The van der Waals surface area contributed by atoms with Crippen LogP contribution in [0.4, 0.5) is 11.6 Å². The SMILES string of the molecule is CCCNc1nc(CC)nc(NC(C)CCSC)c1C. The lowest BCUT2D eigenvalue weighted by Crippen LogP contribution is -2.19. The second-order valence-corrected chi connectivity index (χ2v) is 6.05. The molecule has 0 bridgehead atoms. The van der Waals surface area contributed by atoms with E-state index in [1.807, 2.05) is 11.8 Å². The van der Waals surface area contributed by atoms with Crippen LogP contribution in [0.15, 0.2) is 0 Å². The number of nitrogens with one attached hydrogen (secondary N) is 2. The molecule has 1 aromatic rings. The molecule has 0 fully saturated rings. The van der Waals surface area contributed by atoms with Crippen LogP contribution in [0.5, 0.6) is 0 Å². The van der Waals surface area contributed by atoms with Gasteiger partial charge in [0, 0.05) is 24.6 Å². The van der Waals surface area contributed by atoms with Gasteiger partial charge in [0.05, 0.1) is 0 Å². The molecule has 0 saturated carbocycles. The van der Waals surface area contributed by atoms with Crippen molar-refractivity contribution >= 4 is 23.4 Å². The van der Waals surface area contributed by atoms with Gasteiger partial charge in [-0.3, -0.25) is 0 Å². The second-order valence-electron chi connectivity index (χ2n) is 5.07. The summed E-state index contributed by atoms with van der Waals surface area (Å²) in [7, 11) is 0. The molecule has 1 heterocycles. The quantitative estimate of drug-likeness (QED) is 0.727. The largest absolute Gasteiger partial charge is 0.370 e. The Kier molecular flexibility index (Phi) is 7.73. The smallest absolute Gasteiger partial charge is 0.134 e. The highest BCUT2D eigenvalue weighted by Gasteiger charge is 2.12. The molecule has 1 unspecified atom stereocenters. The molecule has 0 saturated heterocycles. The molecule has 1 rings (SSSR count). The molecule has 0 aliphatic rings. The van der Waals surface area contributed by atoms with Gasteiger partial charge in [-0.25, -0.2) is 9.97 Å². The first kappa shape index (κ1) is 17.1. The van der Waals surface area contributed by atoms with Crippen molar-refractivity contribution in [1.82, 2.24) is 9.97 Å². The lowest BCUT2D eigenvalue weighted by atomic mass is 10.2. The highest BCUT2D eigenvalue weighted by atomic mass is 32.2. The van der Waals surface area contributed by atoms with Crippen LogP contribution in [-0.4, -0.2) is 34.6 Å². The van der Waals surface area contributed by atoms with E-state index in [4.69, 9.17) is 0 Å². The van der Waals surface area contributed by atoms with Crippen molar-refractivity contribution in [3.63, 3.8) is 0 Å². The number of hydrogen-bond donors (Lipinski definition) is 2. The van der Waals surface area contributed by atoms with Gasteiger partial charge in [0.15, 0.2) is 0 Å². The highest BCUT2D eigenvalue weighted by Crippen LogP contribution is 2.21. The Balaban J connectivity index is 2.87. The minimum atomic E-state index is 0.430. The zero-order chi connectivity index (χ0) is 15.0. The average Bonchev–Trinajstić information content (AvgIpc) is 2.45. The number of aryl methyl sites for hydroxylation is 1. The van der Waals surface area contributed by atoms with E-state index in [2.05, 4.69) is 54.6 Å². The first-order valence-corrected chi connectivity index (χ1v) is 8.88. The number of rotatable bonds is 9. The van der Waals surface area contributed by atoms with Gasteiger partial charge in [-0.05, 0) is 38.7 Å². The lowest BCUT2D eigenvalue weighted by Gasteiger charge is -2.18. The standard InChI is InChI=1S/C15H28N4S/c1-6-9-16-14-12(4)15(19-13(7-2)18-14)17-11(3)8-10-20-5/h11H,6-10H2,1-5H3,(H2,16,17,18,19). The number of thioether (sulfide) groups is 1. The monoisotopic (exact) mass is 296 g/mol. The minimum absolute atomic E-state index is 0.430. The molecule has 2 N–H and O–H groups in total. The Morgan fingerprint density at radius 2 is 1.90 bits per heavy atom. The summed E-state index contributed by atoms with van der Waals surface area (Å²) in [4.78, 5) is 9.23. The Bertz CT molecular complexity index is 409. The van der Waals surface area contributed by atoms with Gasteiger partial charge >= 0.3 is 0 Å². The van der Waals surface area contributed by atoms with Crippen molar-refractivity contribution in [1.29, 1.82) is 0 Å². The van der Waals surface area contributed by atoms with Gasteiger partial charge in [0.2, 0.25) is 0 Å². The maximum Gasteiger partial charge on any atom is 0.134 e. The molecule has 20 heavy (non-hydrogen) atoms. The number of anilines is 2. The van der Waals surface area contributed by atoms with E-state index in [1.54, 1.807) is 0 Å². The minimum Gasteiger partial charge on any atom is -0.370 e. The van der Waals surface area contributed by atoms with Crippen LogP contribution in [0.1, 0.15) is 45.0 Å². The van der Waals surface area contributed by atoms with Gasteiger partial charge in [-0.15, -0.1) is 0 Å². The molecule has 1 aromatic heterocycles. The van der Waals surface area contributed by atoms with Crippen molar-refractivity contribution in [3.8, 4) is 0 Å². The number of nitrogens with zero attached hydrogens (tertiary/aromatic N) is 2. The van der Waals surface area contributed by atoms with Crippen molar-refractivity contribution in [2.45, 2.75) is 53.0 Å². The van der Waals surface area contributed by atoms with Crippen LogP contribution in [0.25, 0.3) is 0 Å². The molecule has 4 nitrogen and oxygen atoms in total. The normalized spacial score (nSPS) is 12.2. The third kappa shape index (κ3) is 5.19. The molecule has 0 radical (unpaired) electrons. The molecular formula is C15H28N4S. The van der Waals surface area contributed by atoms with Crippen molar-refractivity contribution in [3.05, 3.63) is 11.4 Å². The van der Waals surface area contributed by atoms with Crippen LogP contribution in [0.2, 0.25) is 0 Å². The maximum atomic E-state index is 4.64. The Morgan fingerprint density at radius 3 is 2.50 bits per heavy atom. The van der Waals surface area contributed by atoms with Crippen LogP contribution < -0.4 is 10.6 Å². The summed E-state index contributed by atoms with van der Waals surface area (Å²) in [5.41, 5.74) is 1.12. The Hall–Kier alpha value is -0.970. The van der Waals surface area contributed by atoms with E-state index >= 15 is 0 Å². The Morgan fingerprint density at radius 1 is 1.20 bits per heavy atom. The van der Waals surface area contributed by atoms with Gasteiger partial charge in [-0.2, -0.15) is 11.8 Å². The topological polar surface area (TPSA) is 49.8 Å². The third-order valence-electron chi connectivity index (χ3n) is 3.19. The summed E-state index contributed by atoms with van der Waals surface area (Å²) in [6.07, 6.45) is 5.24. The van der Waals surface area contributed by atoms with Gasteiger partial charge in [-0.1, -0.05) is 13.8 Å². The first-order valence-electron chi connectivity index (χ1n) is 7.49. The van der Waals surface area contributed by atoms with Gasteiger partial charge < -0.3 is 10.6 Å². The summed E-state index contributed by atoms with van der Waals surface area (Å²) < 4.78 is 0. The molecule has 5 heteroatoms. The summed E-state index contributed by atoms with van der Waals surface area (Å²) >= 11 is 1.88. The molecule has 0 amide bonds. The van der Waals surface area contributed by atoms with E-state index in [9.17, 15) is 0 Å². The third-order valence-corrected chi connectivity index (χ3v) is 3.83. The summed E-state index contributed by atoms with van der Waals surface area (Å²) in [5.74, 6) is 4.01. The average molecular weight is 296 g/mol. The lowest BCUT2D eigenvalue weighted by molar-refractivity contribution is 0.760. The predicted molar refractivity (Wildman–Crippen MR) is 91.0 cm³/mol. The molecule has 0 aliphatic carbocycles. The van der Waals surface area contributed by atoms with E-state index in [-0.39, 0.29) is 0 Å². The predicted octanol–water partition coefficient (Wildman–Crippen LogP) is 3.72. The fourth-order valence-corrected chi connectivity index (χ4v) is 2.47. The van der Waals surface area contributed by atoms with Crippen LogP contribution in [-0.2, 0) is 6.42 Å². The summed E-state index contributed by atoms with van der Waals surface area (Å²) in [5, 5.41) is 6.93.